The van der Waals surface area contributed by atoms with Crippen molar-refractivity contribution < 1.29 is 13.6 Å². The predicted octanol–water partition coefficient (Wildman–Crippen LogP) is 2.83. The molecular formula is C16H16F2N2O. The first-order chi connectivity index (χ1) is 9.97. The van der Waals surface area contributed by atoms with E-state index in [1.165, 1.54) is 24.3 Å². The Morgan fingerprint density at radius 1 is 1.19 bits per heavy atom. The van der Waals surface area contributed by atoms with Gasteiger partial charge >= 0.3 is 0 Å². The van der Waals surface area contributed by atoms with E-state index < -0.39 is 5.82 Å². The fourth-order valence-corrected chi connectivity index (χ4v) is 2.04. The third-order valence-corrected chi connectivity index (χ3v) is 3.24. The minimum absolute atomic E-state index is 0.0583. The maximum Gasteiger partial charge on any atom is 0.251 e. The molecule has 2 aromatic carbocycles. The minimum Gasteiger partial charge on any atom is -0.396 e. The number of benzene rings is 2. The molecule has 0 aliphatic heterocycles. The molecule has 0 saturated heterocycles. The van der Waals surface area contributed by atoms with Gasteiger partial charge in [-0.25, -0.2) is 8.78 Å². The summed E-state index contributed by atoms with van der Waals surface area (Å²) in [6.45, 7) is 2.23. The predicted molar refractivity (Wildman–Crippen MR) is 78.0 cm³/mol. The van der Waals surface area contributed by atoms with Gasteiger partial charge in [0.15, 0.2) is 0 Å². The number of amides is 1. The number of aryl methyl sites for hydroxylation is 1. The second kappa shape index (κ2) is 6.35. The summed E-state index contributed by atoms with van der Waals surface area (Å²) < 4.78 is 26.0. The average molecular weight is 290 g/mol. The largest absolute Gasteiger partial charge is 0.396 e. The number of nitrogen functional groups attached to an aromatic ring is 1. The number of halogens is 2. The van der Waals surface area contributed by atoms with Crippen LogP contribution in [0.5, 0.6) is 0 Å². The van der Waals surface area contributed by atoms with Gasteiger partial charge in [0.05, 0.1) is 5.69 Å². The van der Waals surface area contributed by atoms with Gasteiger partial charge in [-0.05, 0) is 54.8 Å². The highest BCUT2D eigenvalue weighted by Gasteiger charge is 2.08. The molecule has 5 heteroatoms. The minimum atomic E-state index is -0.548. The highest BCUT2D eigenvalue weighted by atomic mass is 19.1. The molecule has 0 radical (unpaired) electrons. The molecular weight excluding hydrogens is 274 g/mol. The quantitative estimate of drug-likeness (QED) is 0.851. The number of carbonyl (C=O) groups excluding carboxylic acids is 1. The van der Waals surface area contributed by atoms with Gasteiger partial charge in [0.2, 0.25) is 0 Å². The smallest absolute Gasteiger partial charge is 0.251 e. The maximum atomic E-state index is 13.0. The van der Waals surface area contributed by atoms with Crippen molar-refractivity contribution in [2.75, 3.05) is 12.3 Å². The lowest BCUT2D eigenvalue weighted by Crippen LogP contribution is -2.26. The lowest BCUT2D eigenvalue weighted by Gasteiger charge is -2.08. The fraction of sp³-hybridized carbons (Fsp3) is 0.188. The number of hydrogen-bond acceptors (Lipinski definition) is 2. The van der Waals surface area contributed by atoms with Crippen molar-refractivity contribution in [1.82, 2.24) is 5.32 Å². The Bertz CT molecular complexity index is 671. The van der Waals surface area contributed by atoms with Crippen molar-refractivity contribution in [1.29, 1.82) is 0 Å². The molecule has 110 valence electrons. The van der Waals surface area contributed by atoms with E-state index in [-0.39, 0.29) is 17.4 Å². The Morgan fingerprint density at radius 3 is 2.62 bits per heavy atom. The Hall–Kier alpha value is -2.43. The molecule has 3 N–H and O–H groups in total. The second-order valence-corrected chi connectivity index (χ2v) is 4.81. The summed E-state index contributed by atoms with van der Waals surface area (Å²) >= 11 is 0. The molecule has 2 aromatic rings. The van der Waals surface area contributed by atoms with Crippen LogP contribution in [-0.2, 0) is 6.42 Å². The van der Waals surface area contributed by atoms with E-state index in [4.69, 9.17) is 5.73 Å². The number of carbonyl (C=O) groups is 1. The SMILES string of the molecule is Cc1cc(F)ccc1CCNC(=O)c1ccc(F)c(N)c1. The molecule has 0 aliphatic carbocycles. The molecule has 1 amide bonds. The van der Waals surface area contributed by atoms with Crippen molar-refractivity contribution in [3.05, 3.63) is 64.7 Å². The molecule has 2 rings (SSSR count). The van der Waals surface area contributed by atoms with Gasteiger partial charge in [0, 0.05) is 12.1 Å². The molecule has 0 saturated carbocycles. The molecule has 0 aromatic heterocycles. The second-order valence-electron chi connectivity index (χ2n) is 4.81. The standard InChI is InChI=1S/C16H16F2N2O/c1-10-8-13(17)4-2-11(10)6-7-20-16(21)12-3-5-14(18)15(19)9-12/h2-5,8-9H,6-7,19H2,1H3,(H,20,21). The van der Waals surface area contributed by atoms with Crippen LogP contribution in [0.15, 0.2) is 36.4 Å². The Kier molecular flexibility index (Phi) is 4.52. The normalized spacial score (nSPS) is 10.4. The molecule has 21 heavy (non-hydrogen) atoms. The van der Waals surface area contributed by atoms with E-state index in [1.807, 2.05) is 6.92 Å². The zero-order valence-electron chi connectivity index (χ0n) is 11.6. The van der Waals surface area contributed by atoms with E-state index in [2.05, 4.69) is 5.32 Å². The van der Waals surface area contributed by atoms with Gasteiger partial charge < -0.3 is 11.1 Å². The zero-order chi connectivity index (χ0) is 15.4. The number of hydrogen-bond donors (Lipinski definition) is 2. The summed E-state index contributed by atoms with van der Waals surface area (Å²) in [7, 11) is 0. The summed E-state index contributed by atoms with van der Waals surface area (Å²) in [5.41, 5.74) is 7.48. The number of nitrogens with two attached hydrogens (primary N) is 1. The van der Waals surface area contributed by atoms with Crippen LogP contribution >= 0.6 is 0 Å². The molecule has 0 aliphatic rings. The van der Waals surface area contributed by atoms with E-state index in [0.717, 1.165) is 17.2 Å². The first-order valence-corrected chi connectivity index (χ1v) is 6.55. The van der Waals surface area contributed by atoms with Crippen LogP contribution in [0, 0.1) is 18.6 Å². The van der Waals surface area contributed by atoms with Crippen LogP contribution in [0.4, 0.5) is 14.5 Å². The van der Waals surface area contributed by atoms with E-state index in [0.29, 0.717) is 18.5 Å². The van der Waals surface area contributed by atoms with Crippen LogP contribution < -0.4 is 11.1 Å². The molecule has 0 atom stereocenters. The summed E-state index contributed by atoms with van der Waals surface area (Å²) in [6, 6.07) is 8.39. The molecule has 0 unspecified atom stereocenters. The topological polar surface area (TPSA) is 55.1 Å². The first-order valence-electron chi connectivity index (χ1n) is 6.55. The van der Waals surface area contributed by atoms with Gasteiger partial charge in [0.25, 0.3) is 5.91 Å². The van der Waals surface area contributed by atoms with Gasteiger partial charge in [-0.3, -0.25) is 4.79 Å². The highest BCUT2D eigenvalue weighted by molar-refractivity contribution is 5.95. The Morgan fingerprint density at radius 2 is 1.95 bits per heavy atom. The summed E-state index contributed by atoms with van der Waals surface area (Å²) in [5.74, 6) is -1.14. The number of rotatable bonds is 4. The number of anilines is 1. The van der Waals surface area contributed by atoms with Gasteiger partial charge in [0.1, 0.15) is 11.6 Å². The van der Waals surface area contributed by atoms with E-state index in [1.54, 1.807) is 6.07 Å². The number of nitrogens with one attached hydrogen (secondary N) is 1. The van der Waals surface area contributed by atoms with Gasteiger partial charge in [-0.2, -0.15) is 0 Å². The highest BCUT2D eigenvalue weighted by Crippen LogP contribution is 2.13. The van der Waals surface area contributed by atoms with Crippen LogP contribution in [0.2, 0.25) is 0 Å². The summed E-state index contributed by atoms with van der Waals surface area (Å²) in [4.78, 5) is 11.9. The Balaban J connectivity index is 1.93. The molecule has 3 nitrogen and oxygen atoms in total. The van der Waals surface area contributed by atoms with E-state index in [9.17, 15) is 13.6 Å². The van der Waals surface area contributed by atoms with Crippen LogP contribution in [0.1, 0.15) is 21.5 Å². The van der Waals surface area contributed by atoms with Crippen molar-refractivity contribution in [3.63, 3.8) is 0 Å². The third kappa shape index (κ3) is 3.78. The van der Waals surface area contributed by atoms with Crippen molar-refractivity contribution in [3.8, 4) is 0 Å². The zero-order valence-corrected chi connectivity index (χ0v) is 11.6. The molecule has 0 fully saturated rings. The molecule has 0 bridgehead atoms. The van der Waals surface area contributed by atoms with Crippen molar-refractivity contribution in [2.45, 2.75) is 13.3 Å². The molecule has 0 heterocycles. The molecule has 0 spiro atoms. The van der Waals surface area contributed by atoms with Gasteiger partial charge in [-0.15, -0.1) is 0 Å². The maximum absolute atomic E-state index is 13.0. The first kappa shape index (κ1) is 15.0. The lowest BCUT2D eigenvalue weighted by atomic mass is 10.1. The van der Waals surface area contributed by atoms with E-state index >= 15 is 0 Å². The Labute approximate surface area is 121 Å². The average Bonchev–Trinajstić information content (AvgIpc) is 2.44. The summed E-state index contributed by atoms with van der Waals surface area (Å²) in [5, 5.41) is 2.73. The van der Waals surface area contributed by atoms with Crippen LogP contribution in [-0.4, -0.2) is 12.5 Å². The van der Waals surface area contributed by atoms with Gasteiger partial charge in [-0.1, -0.05) is 6.07 Å². The van der Waals surface area contributed by atoms with Crippen molar-refractivity contribution in [2.24, 2.45) is 0 Å². The van der Waals surface area contributed by atoms with Crippen LogP contribution in [0.25, 0.3) is 0 Å². The van der Waals surface area contributed by atoms with Crippen LogP contribution in [0.3, 0.4) is 0 Å². The third-order valence-electron chi connectivity index (χ3n) is 3.24. The lowest BCUT2D eigenvalue weighted by molar-refractivity contribution is 0.0954. The van der Waals surface area contributed by atoms with Crippen molar-refractivity contribution >= 4 is 11.6 Å². The summed E-state index contributed by atoms with van der Waals surface area (Å²) in [6.07, 6.45) is 0.592. The fourth-order valence-electron chi connectivity index (χ4n) is 2.04. The monoisotopic (exact) mass is 290 g/mol.